The lowest BCUT2D eigenvalue weighted by Gasteiger charge is -2.42. The van der Waals surface area contributed by atoms with Gasteiger partial charge in [-0.2, -0.15) is 0 Å². The van der Waals surface area contributed by atoms with E-state index in [0.717, 1.165) is 22.1 Å². The van der Waals surface area contributed by atoms with Crippen LogP contribution in [0.5, 0.6) is 11.5 Å². The van der Waals surface area contributed by atoms with Crippen molar-refractivity contribution in [2.75, 3.05) is 40.4 Å². The van der Waals surface area contributed by atoms with Gasteiger partial charge in [0.15, 0.2) is 0 Å². The maximum absolute atomic E-state index is 11.3. The molecule has 0 saturated heterocycles. The number of aliphatic hydroxyl groups is 2. The summed E-state index contributed by atoms with van der Waals surface area (Å²) in [6, 6.07) is 16.6. The highest BCUT2D eigenvalue weighted by Gasteiger charge is 2.30. The summed E-state index contributed by atoms with van der Waals surface area (Å²) in [7, 11) is 4.40. The highest BCUT2D eigenvalue weighted by molar-refractivity contribution is 5.82. The van der Waals surface area contributed by atoms with Crippen LogP contribution in [0.2, 0.25) is 0 Å². The molecule has 0 radical (unpaired) electrons. The number of quaternary nitrogens is 2. The van der Waals surface area contributed by atoms with Crippen LogP contribution in [0, 0.1) is 0 Å². The molecule has 2 aromatic carbocycles. The Morgan fingerprint density at radius 3 is 1.25 bits per heavy atom. The number of para-hydroxylation sites is 2. The third-order valence-electron chi connectivity index (χ3n) is 8.80. The van der Waals surface area contributed by atoms with Gasteiger partial charge in [-0.1, -0.05) is 36.4 Å². The molecule has 7 nitrogen and oxygen atoms in total. The SMILES string of the molecule is CC(C)[N+](C)(CCO)C(C)C.CC(C)[N+](C)(CCO)C(C)C.O=C([O-])C1c2ccccc2Oc2ccccc21.[Br-]. The fraction of sp³-hybridized carbons (Fsp3) is 0.594. The second-order valence-corrected chi connectivity index (χ2v) is 11.9. The Morgan fingerprint density at radius 2 is 1.02 bits per heavy atom. The molecule has 0 fully saturated rings. The number of likely N-dealkylation sites (N-methyl/N-ethyl adjacent to an activating group) is 2. The molecular weight excluding hydrogens is 572 g/mol. The number of fused-ring (bicyclic) bond motifs is 2. The van der Waals surface area contributed by atoms with Gasteiger partial charge < -0.3 is 50.8 Å². The molecule has 228 valence electrons. The first-order chi connectivity index (χ1) is 18.2. The van der Waals surface area contributed by atoms with Gasteiger partial charge in [0.1, 0.15) is 24.6 Å². The van der Waals surface area contributed by atoms with E-state index in [1.807, 2.05) is 12.1 Å². The van der Waals surface area contributed by atoms with Crippen LogP contribution in [0.15, 0.2) is 48.5 Å². The van der Waals surface area contributed by atoms with Crippen molar-refractivity contribution in [2.24, 2.45) is 0 Å². The van der Waals surface area contributed by atoms with Gasteiger partial charge in [-0.25, -0.2) is 0 Å². The van der Waals surface area contributed by atoms with E-state index < -0.39 is 11.9 Å². The average Bonchev–Trinajstić information content (AvgIpc) is 2.87. The van der Waals surface area contributed by atoms with Gasteiger partial charge in [-0.3, -0.25) is 0 Å². The van der Waals surface area contributed by atoms with Crippen molar-refractivity contribution in [2.45, 2.75) is 85.5 Å². The largest absolute Gasteiger partial charge is 1.00 e. The van der Waals surface area contributed by atoms with Crippen LogP contribution in [0.4, 0.5) is 0 Å². The zero-order valence-electron chi connectivity index (χ0n) is 26.2. The van der Waals surface area contributed by atoms with E-state index in [2.05, 4.69) is 69.5 Å². The number of hydrogen-bond acceptors (Lipinski definition) is 5. The van der Waals surface area contributed by atoms with E-state index in [1.54, 1.807) is 36.4 Å². The maximum Gasteiger partial charge on any atom is 0.131 e. The molecule has 1 aliphatic heterocycles. The van der Waals surface area contributed by atoms with Gasteiger partial charge in [-0.15, -0.1) is 0 Å². The molecule has 0 amide bonds. The molecule has 1 aliphatic rings. The molecule has 2 N–H and O–H groups in total. The molecular formula is C32H53BrN2O5. The number of ether oxygens (including phenoxy) is 1. The van der Waals surface area contributed by atoms with Crippen LogP contribution in [0.25, 0.3) is 0 Å². The third-order valence-corrected chi connectivity index (χ3v) is 8.80. The summed E-state index contributed by atoms with van der Waals surface area (Å²) in [6.07, 6.45) is 0. The Bertz CT molecular complexity index is 936. The first kappa shape index (κ1) is 38.0. The summed E-state index contributed by atoms with van der Waals surface area (Å²) in [5.41, 5.74) is 1.29. The predicted molar refractivity (Wildman–Crippen MR) is 157 cm³/mol. The summed E-state index contributed by atoms with van der Waals surface area (Å²) < 4.78 is 7.58. The van der Waals surface area contributed by atoms with Crippen molar-refractivity contribution in [3.63, 3.8) is 0 Å². The number of benzene rings is 2. The Kier molecular flexibility index (Phi) is 16.3. The van der Waals surface area contributed by atoms with E-state index in [0.29, 0.717) is 46.8 Å². The van der Waals surface area contributed by atoms with Crippen molar-refractivity contribution < 1.29 is 50.8 Å². The van der Waals surface area contributed by atoms with Gasteiger partial charge in [0, 0.05) is 11.1 Å². The fourth-order valence-electron chi connectivity index (χ4n) is 4.82. The highest BCUT2D eigenvalue weighted by Crippen LogP contribution is 2.43. The minimum absolute atomic E-state index is 0. The Balaban J connectivity index is 0.000000591. The number of aliphatic carboxylic acids is 1. The standard InChI is InChI=1S/C14H10O3.2C9H22NO.BrH/c15-14(16)13-9-5-1-3-7-11(9)17-12-8-4-2-6-10(12)13;2*1-8(2)10(5,6-7-11)9(3)4;/h1-8,13H,(H,15,16);2*8-9,11H,6-7H2,1-5H3;1H/q;2*+1;/p-2. The minimum Gasteiger partial charge on any atom is -1.00 e. The molecule has 8 heteroatoms. The summed E-state index contributed by atoms with van der Waals surface area (Å²) in [6.45, 7) is 19.9. The maximum atomic E-state index is 11.3. The van der Waals surface area contributed by atoms with Crippen LogP contribution in [0.3, 0.4) is 0 Å². The van der Waals surface area contributed by atoms with E-state index in [-0.39, 0.29) is 30.2 Å². The molecule has 0 atom stereocenters. The smallest absolute Gasteiger partial charge is 0.131 e. The zero-order valence-corrected chi connectivity index (χ0v) is 27.8. The van der Waals surface area contributed by atoms with Crippen molar-refractivity contribution in [3.8, 4) is 11.5 Å². The van der Waals surface area contributed by atoms with Crippen molar-refractivity contribution in [1.82, 2.24) is 0 Å². The zero-order chi connectivity index (χ0) is 30.0. The summed E-state index contributed by atoms with van der Waals surface area (Å²) in [5, 5.41) is 29.1. The molecule has 40 heavy (non-hydrogen) atoms. The van der Waals surface area contributed by atoms with E-state index >= 15 is 0 Å². The molecule has 0 saturated carbocycles. The number of carbonyl (C=O) groups is 1. The van der Waals surface area contributed by atoms with E-state index in [1.165, 1.54) is 0 Å². The van der Waals surface area contributed by atoms with Gasteiger partial charge in [0.25, 0.3) is 0 Å². The second-order valence-electron chi connectivity index (χ2n) is 11.9. The van der Waals surface area contributed by atoms with Crippen molar-refractivity contribution >= 4 is 5.97 Å². The number of hydrogen-bond donors (Lipinski definition) is 2. The van der Waals surface area contributed by atoms with E-state index in [4.69, 9.17) is 14.9 Å². The number of rotatable bonds is 9. The lowest BCUT2D eigenvalue weighted by Crippen LogP contribution is -3.00. The van der Waals surface area contributed by atoms with Gasteiger partial charge in [0.2, 0.25) is 0 Å². The number of aliphatic hydroxyl groups excluding tert-OH is 2. The third kappa shape index (κ3) is 9.55. The fourth-order valence-corrected chi connectivity index (χ4v) is 4.82. The predicted octanol–water partition coefficient (Wildman–Crippen LogP) is 1.16. The molecule has 1 heterocycles. The van der Waals surface area contributed by atoms with Crippen LogP contribution < -0.4 is 26.8 Å². The first-order valence-corrected chi connectivity index (χ1v) is 14.1. The molecule has 0 spiro atoms. The number of carbonyl (C=O) groups excluding carboxylic acids is 1. The highest BCUT2D eigenvalue weighted by atomic mass is 79.9. The first-order valence-electron chi connectivity index (χ1n) is 14.1. The summed E-state index contributed by atoms with van der Waals surface area (Å²) >= 11 is 0. The molecule has 0 bridgehead atoms. The summed E-state index contributed by atoms with van der Waals surface area (Å²) in [5.74, 6) is -0.690. The van der Waals surface area contributed by atoms with Crippen LogP contribution >= 0.6 is 0 Å². The van der Waals surface area contributed by atoms with Crippen molar-refractivity contribution in [1.29, 1.82) is 0 Å². The summed E-state index contributed by atoms with van der Waals surface area (Å²) in [4.78, 5) is 11.3. The lowest BCUT2D eigenvalue weighted by atomic mass is 9.88. The number of halogens is 1. The molecule has 0 unspecified atom stereocenters. The quantitative estimate of drug-likeness (QED) is 0.409. The second kappa shape index (κ2) is 17.1. The monoisotopic (exact) mass is 624 g/mol. The van der Waals surface area contributed by atoms with Gasteiger partial charge >= 0.3 is 0 Å². The van der Waals surface area contributed by atoms with E-state index in [9.17, 15) is 9.90 Å². The topological polar surface area (TPSA) is 89.8 Å². The Morgan fingerprint density at radius 1 is 0.725 bits per heavy atom. The number of carboxylic acids is 1. The van der Waals surface area contributed by atoms with Gasteiger partial charge in [-0.05, 0) is 67.5 Å². The molecule has 0 aromatic heterocycles. The molecule has 3 rings (SSSR count). The van der Waals surface area contributed by atoms with Gasteiger partial charge in [0.05, 0.1) is 63.4 Å². The minimum atomic E-state index is -1.10. The normalized spacial score (nSPS) is 12.9. The van der Waals surface area contributed by atoms with Crippen LogP contribution in [-0.2, 0) is 4.79 Å². The molecule has 0 aliphatic carbocycles. The average molecular weight is 626 g/mol. The molecule has 2 aromatic rings. The van der Waals surface area contributed by atoms with Crippen LogP contribution in [-0.4, -0.2) is 89.7 Å². The Labute approximate surface area is 253 Å². The number of carboxylic acid groups (broad SMARTS) is 1. The van der Waals surface area contributed by atoms with Crippen molar-refractivity contribution in [3.05, 3.63) is 59.7 Å². The van der Waals surface area contributed by atoms with Crippen LogP contribution in [0.1, 0.15) is 72.4 Å². The Hall–Kier alpha value is -1.97. The number of nitrogens with zero attached hydrogens (tertiary/aromatic N) is 2. The lowest BCUT2D eigenvalue weighted by molar-refractivity contribution is -0.949.